The lowest BCUT2D eigenvalue weighted by molar-refractivity contribution is 0.339. The Kier molecular flexibility index (Phi) is 4.21. The van der Waals surface area contributed by atoms with Crippen LogP contribution in [0.25, 0.3) is 0 Å². The van der Waals surface area contributed by atoms with Crippen LogP contribution in [-0.4, -0.2) is 21.1 Å². The molecule has 72 valence electrons. The molecule has 1 aromatic carbocycles. The van der Waals surface area contributed by atoms with Crippen LogP contribution in [0, 0.1) is 0 Å². The van der Waals surface area contributed by atoms with Gasteiger partial charge < -0.3 is 9.29 Å². The molecule has 0 bridgehead atoms. The predicted octanol–water partition coefficient (Wildman–Crippen LogP) is 1.60. The fourth-order valence-corrected chi connectivity index (χ4v) is 1.19. The number of hydrogen-bond donors (Lipinski definition) is 0. The SMILES string of the molecule is O=S([O-])CCOc1ccccc1Cl. The minimum atomic E-state index is -2.06. The first-order valence-electron chi connectivity index (χ1n) is 3.63. The first kappa shape index (κ1) is 10.5. The quantitative estimate of drug-likeness (QED) is 0.723. The third kappa shape index (κ3) is 3.76. The van der Waals surface area contributed by atoms with Gasteiger partial charge in [0, 0.05) is 5.75 Å². The van der Waals surface area contributed by atoms with Crippen LogP contribution in [-0.2, 0) is 11.1 Å². The van der Waals surface area contributed by atoms with Crippen molar-refractivity contribution in [1.82, 2.24) is 0 Å². The molecule has 13 heavy (non-hydrogen) atoms. The van der Waals surface area contributed by atoms with E-state index in [2.05, 4.69) is 0 Å². The van der Waals surface area contributed by atoms with E-state index in [-0.39, 0.29) is 12.4 Å². The van der Waals surface area contributed by atoms with Crippen LogP contribution in [0.5, 0.6) is 5.75 Å². The highest BCUT2D eigenvalue weighted by molar-refractivity contribution is 7.79. The highest BCUT2D eigenvalue weighted by atomic mass is 35.5. The zero-order valence-electron chi connectivity index (χ0n) is 6.73. The molecule has 0 aliphatic carbocycles. The molecule has 5 heteroatoms. The molecular formula is C8H8ClO3S-. The predicted molar refractivity (Wildman–Crippen MR) is 50.7 cm³/mol. The first-order chi connectivity index (χ1) is 6.20. The van der Waals surface area contributed by atoms with E-state index in [1.165, 1.54) is 0 Å². The van der Waals surface area contributed by atoms with Crippen LogP contribution in [0.1, 0.15) is 0 Å². The maximum atomic E-state index is 10.2. The molecule has 3 nitrogen and oxygen atoms in total. The summed E-state index contributed by atoms with van der Waals surface area (Å²) in [4.78, 5) is 0. The van der Waals surface area contributed by atoms with Gasteiger partial charge in [0.1, 0.15) is 5.75 Å². The highest BCUT2D eigenvalue weighted by Gasteiger charge is 1.98. The monoisotopic (exact) mass is 219 g/mol. The van der Waals surface area contributed by atoms with Gasteiger partial charge in [0.25, 0.3) is 0 Å². The van der Waals surface area contributed by atoms with Crippen LogP contribution >= 0.6 is 11.6 Å². The molecule has 0 saturated carbocycles. The van der Waals surface area contributed by atoms with Gasteiger partial charge in [-0.15, -0.1) is 0 Å². The van der Waals surface area contributed by atoms with Crippen molar-refractivity contribution in [2.24, 2.45) is 0 Å². The summed E-state index contributed by atoms with van der Waals surface area (Å²) < 4.78 is 25.4. The minimum absolute atomic E-state index is 0.0226. The summed E-state index contributed by atoms with van der Waals surface area (Å²) in [6, 6.07) is 6.93. The van der Waals surface area contributed by atoms with Gasteiger partial charge in [0.2, 0.25) is 0 Å². The lowest BCUT2D eigenvalue weighted by atomic mass is 10.3. The molecule has 1 rings (SSSR count). The molecule has 0 aliphatic rings. The number of rotatable bonds is 4. The molecule has 1 aromatic rings. The van der Waals surface area contributed by atoms with Gasteiger partial charge in [-0.1, -0.05) is 34.8 Å². The Labute approximate surface area is 84.0 Å². The normalized spacial score (nSPS) is 12.5. The smallest absolute Gasteiger partial charge is 0.137 e. The van der Waals surface area contributed by atoms with Crippen molar-refractivity contribution in [1.29, 1.82) is 0 Å². The molecule has 0 saturated heterocycles. The lowest BCUT2D eigenvalue weighted by Gasteiger charge is -2.08. The molecule has 1 atom stereocenters. The van der Waals surface area contributed by atoms with Crippen molar-refractivity contribution in [3.63, 3.8) is 0 Å². The number of hydrogen-bond acceptors (Lipinski definition) is 3. The molecule has 0 amide bonds. The van der Waals surface area contributed by atoms with E-state index >= 15 is 0 Å². The number of benzene rings is 1. The maximum Gasteiger partial charge on any atom is 0.137 e. The van der Waals surface area contributed by atoms with E-state index in [9.17, 15) is 8.76 Å². The summed E-state index contributed by atoms with van der Waals surface area (Å²) in [5, 5.41) is 0.485. The summed E-state index contributed by atoms with van der Waals surface area (Å²) in [6.45, 7) is 0.125. The minimum Gasteiger partial charge on any atom is -0.772 e. The fourth-order valence-electron chi connectivity index (χ4n) is 0.781. The van der Waals surface area contributed by atoms with E-state index in [1.54, 1.807) is 24.3 Å². The molecule has 0 aromatic heterocycles. The van der Waals surface area contributed by atoms with Crippen LogP contribution in [0.3, 0.4) is 0 Å². The molecule has 0 aliphatic heterocycles. The van der Waals surface area contributed by atoms with Crippen LogP contribution < -0.4 is 4.74 Å². The van der Waals surface area contributed by atoms with E-state index < -0.39 is 11.1 Å². The first-order valence-corrected chi connectivity index (χ1v) is 5.25. The Hall–Kier alpha value is -0.580. The zero-order valence-corrected chi connectivity index (χ0v) is 8.31. The van der Waals surface area contributed by atoms with Crippen molar-refractivity contribution >= 4 is 22.7 Å². The Bertz CT molecular complexity index is 303. The van der Waals surface area contributed by atoms with E-state index in [0.29, 0.717) is 10.8 Å². The van der Waals surface area contributed by atoms with Crippen LogP contribution in [0.4, 0.5) is 0 Å². The summed E-state index contributed by atoms with van der Waals surface area (Å²) in [5.41, 5.74) is 0. The average Bonchev–Trinajstić information content (AvgIpc) is 2.08. The Balaban J connectivity index is 2.45. The molecular weight excluding hydrogens is 212 g/mol. The lowest BCUT2D eigenvalue weighted by Crippen LogP contribution is -2.07. The molecule has 0 spiro atoms. The molecule has 0 radical (unpaired) electrons. The third-order valence-corrected chi connectivity index (χ3v) is 2.16. The number of ether oxygens (including phenoxy) is 1. The summed E-state index contributed by atoms with van der Waals surface area (Å²) in [7, 11) is 0. The summed E-state index contributed by atoms with van der Waals surface area (Å²) >= 11 is 3.70. The second-order valence-electron chi connectivity index (χ2n) is 2.29. The Morgan fingerprint density at radius 3 is 2.77 bits per heavy atom. The van der Waals surface area contributed by atoms with Gasteiger partial charge in [0.05, 0.1) is 11.6 Å². The molecule has 0 heterocycles. The van der Waals surface area contributed by atoms with Crippen molar-refractivity contribution in [3.8, 4) is 5.75 Å². The topological polar surface area (TPSA) is 49.4 Å². The van der Waals surface area contributed by atoms with Crippen molar-refractivity contribution < 1.29 is 13.5 Å². The largest absolute Gasteiger partial charge is 0.772 e. The van der Waals surface area contributed by atoms with Gasteiger partial charge in [-0.2, -0.15) is 0 Å². The van der Waals surface area contributed by atoms with Crippen LogP contribution in [0.2, 0.25) is 5.02 Å². The molecule has 0 fully saturated rings. The fraction of sp³-hybridized carbons (Fsp3) is 0.250. The van der Waals surface area contributed by atoms with E-state index in [0.717, 1.165) is 0 Å². The summed E-state index contributed by atoms with van der Waals surface area (Å²) in [5.74, 6) is 0.486. The van der Waals surface area contributed by atoms with Gasteiger partial charge in [-0.25, -0.2) is 0 Å². The Morgan fingerprint density at radius 1 is 1.46 bits per heavy atom. The van der Waals surface area contributed by atoms with Crippen molar-refractivity contribution in [2.45, 2.75) is 0 Å². The standard InChI is InChI=1S/C8H9ClO3S/c9-7-3-1-2-4-8(7)12-5-6-13(10)11/h1-4H,5-6H2,(H,10,11)/p-1. The number of para-hydroxylation sites is 1. The van der Waals surface area contributed by atoms with Crippen molar-refractivity contribution in [3.05, 3.63) is 29.3 Å². The van der Waals surface area contributed by atoms with E-state index in [1.807, 2.05) is 0 Å². The Morgan fingerprint density at radius 2 is 2.15 bits per heavy atom. The van der Waals surface area contributed by atoms with Crippen LogP contribution in [0.15, 0.2) is 24.3 Å². The van der Waals surface area contributed by atoms with Gasteiger partial charge in [-0.3, -0.25) is 4.21 Å². The molecule has 0 N–H and O–H groups in total. The zero-order chi connectivity index (χ0) is 9.68. The van der Waals surface area contributed by atoms with Gasteiger partial charge >= 0.3 is 0 Å². The van der Waals surface area contributed by atoms with Gasteiger partial charge in [-0.05, 0) is 12.1 Å². The van der Waals surface area contributed by atoms with Crippen molar-refractivity contribution in [2.75, 3.05) is 12.4 Å². The van der Waals surface area contributed by atoms with E-state index in [4.69, 9.17) is 16.3 Å². The van der Waals surface area contributed by atoms with Gasteiger partial charge in [0.15, 0.2) is 0 Å². The highest BCUT2D eigenvalue weighted by Crippen LogP contribution is 2.22. The average molecular weight is 220 g/mol. The summed E-state index contributed by atoms with van der Waals surface area (Å²) in [6.07, 6.45) is 0. The second-order valence-corrected chi connectivity index (χ2v) is 3.71. The second kappa shape index (κ2) is 5.21. The maximum absolute atomic E-state index is 10.2. The third-order valence-electron chi connectivity index (χ3n) is 1.34. The molecule has 1 unspecified atom stereocenters. The number of halogens is 1.